The Bertz CT molecular complexity index is 1320. The van der Waals surface area contributed by atoms with Crippen LogP contribution in [0.15, 0.2) is 60.7 Å². The van der Waals surface area contributed by atoms with Gasteiger partial charge in [0, 0.05) is 25.8 Å². The van der Waals surface area contributed by atoms with E-state index in [0.717, 1.165) is 167 Å². The Hall–Kier alpha value is -2.19. The van der Waals surface area contributed by atoms with Crippen molar-refractivity contribution in [1.82, 2.24) is 0 Å². The van der Waals surface area contributed by atoms with Gasteiger partial charge in [-0.05, 0) is 115 Å². The summed E-state index contributed by atoms with van der Waals surface area (Å²) in [6.07, 6.45) is 27.9. The van der Waals surface area contributed by atoms with Crippen molar-refractivity contribution in [1.29, 1.82) is 0 Å². The molecule has 364 valence electrons. The summed E-state index contributed by atoms with van der Waals surface area (Å²) in [6.45, 7) is 8.57. The molecule has 2 rings (SSSR count). The first kappa shape index (κ1) is 62.8. The maximum absolute atomic E-state index is 11.4. The molecule has 2 aromatic rings. The Balaban J connectivity index is 0.00000124. The van der Waals surface area contributed by atoms with Gasteiger partial charge >= 0.3 is 60.8 Å². The van der Waals surface area contributed by atoms with Gasteiger partial charge in [0.2, 0.25) is 0 Å². The van der Waals surface area contributed by atoms with E-state index in [0.29, 0.717) is 13.2 Å². The van der Waals surface area contributed by atoms with Crippen LogP contribution < -0.4 is 10.2 Å². The molecule has 0 aliphatic rings. The molecule has 0 fully saturated rings. The van der Waals surface area contributed by atoms with Crippen LogP contribution in [0.25, 0.3) is 0 Å². The van der Waals surface area contributed by atoms with Crippen LogP contribution in [0, 0.1) is 0 Å². The molecule has 0 aliphatic heterocycles. The third-order valence-electron chi connectivity index (χ3n) is 11.5. The van der Waals surface area contributed by atoms with Crippen LogP contribution in [0.2, 0.25) is 0 Å². The van der Waals surface area contributed by atoms with E-state index < -0.39 is 11.9 Å². The van der Waals surface area contributed by atoms with Crippen LogP contribution >= 0.6 is 0 Å². The number of rotatable bonds is 40. The van der Waals surface area contributed by atoms with Crippen LogP contribution in [-0.4, -0.2) is 97.2 Å². The predicted octanol–water partition coefficient (Wildman–Crippen LogP) is 11.1. The number of benzene rings is 2. The predicted molar refractivity (Wildman–Crippen MR) is 258 cm³/mol. The Labute approximate surface area is 434 Å². The average Bonchev–Trinajstić information content (AvgIpc) is 3.26. The fourth-order valence-corrected chi connectivity index (χ4v) is 7.80. The molecule has 0 heterocycles. The van der Waals surface area contributed by atoms with Crippen molar-refractivity contribution >= 4 is 72.8 Å². The normalized spacial score (nSPS) is 12.7. The van der Waals surface area contributed by atoms with Crippen molar-refractivity contribution in [3.8, 4) is 0 Å². The molecule has 10 nitrogen and oxygen atoms in total. The molecule has 0 spiro atoms. The Morgan fingerprint density at radius 2 is 0.677 bits per heavy atom. The molecule has 11 heteroatoms. The molecule has 0 amide bonds. The molecule has 4 atom stereocenters. The Morgan fingerprint density at radius 1 is 0.415 bits per heavy atom. The molecular weight excluding hydrogens is 946 g/mol. The second-order valence-electron chi connectivity index (χ2n) is 17.7. The van der Waals surface area contributed by atoms with Gasteiger partial charge < -0.3 is 38.7 Å². The first-order chi connectivity index (χ1) is 30.9. The van der Waals surface area contributed by atoms with Gasteiger partial charge in [-0.15, -0.1) is 0 Å². The van der Waals surface area contributed by atoms with E-state index in [1.54, 1.807) is 0 Å². The summed E-state index contributed by atoms with van der Waals surface area (Å²) in [7, 11) is 0. The molecule has 0 saturated carbocycles. The van der Waals surface area contributed by atoms with E-state index in [4.69, 9.17) is 18.9 Å². The third kappa shape index (κ3) is 42.9. The standard InChI is InChI=1S/2C27H44O5.Ba/c2*1-23(31-22-25-17-11-9-12-18-25)16-10-8-14-20-26(32-24(2)28)19-13-6-4-3-5-7-15-21-27(29)30;/h2*9,11-12,17-18,23,26H,3-8,10,13-16,19-22H2,1-2H3,(H,29,30);/q;;+2/p-2. The van der Waals surface area contributed by atoms with Crippen molar-refractivity contribution in [2.24, 2.45) is 0 Å². The second kappa shape index (κ2) is 44.3. The van der Waals surface area contributed by atoms with Crippen LogP contribution in [-0.2, 0) is 51.3 Å². The van der Waals surface area contributed by atoms with E-state index in [9.17, 15) is 29.4 Å². The minimum absolute atomic E-state index is 0. The number of carbonyl (C=O) groups is 4. The first-order valence-corrected chi connectivity index (χ1v) is 25.0. The average molecular weight is 1030 g/mol. The van der Waals surface area contributed by atoms with E-state index in [1.165, 1.54) is 25.0 Å². The van der Waals surface area contributed by atoms with Crippen molar-refractivity contribution in [2.75, 3.05) is 0 Å². The van der Waals surface area contributed by atoms with Gasteiger partial charge in [0.05, 0.1) is 25.4 Å². The van der Waals surface area contributed by atoms with Crippen LogP contribution in [0.1, 0.15) is 219 Å². The SMILES string of the molecule is CC(=O)OC(CCCCCCCCCC(=O)[O-])CCCCCC(C)OCc1ccccc1.CC(=O)OC(CCCCCCCCCC(=O)[O-])CCCCCC(C)OCc1ccccc1.[Ba+2]. The number of esters is 2. The molecule has 65 heavy (non-hydrogen) atoms. The fourth-order valence-electron chi connectivity index (χ4n) is 7.80. The number of carboxylic acid groups (broad SMARTS) is 2. The van der Waals surface area contributed by atoms with Crippen LogP contribution in [0.4, 0.5) is 0 Å². The summed E-state index contributed by atoms with van der Waals surface area (Å²) in [6, 6.07) is 20.5. The summed E-state index contributed by atoms with van der Waals surface area (Å²) >= 11 is 0. The molecule has 0 bridgehead atoms. The van der Waals surface area contributed by atoms with Crippen molar-refractivity contribution in [2.45, 2.75) is 245 Å². The Kier molecular flexibility index (Phi) is 42.8. The quantitative estimate of drug-likeness (QED) is 0.0358. The van der Waals surface area contributed by atoms with Gasteiger partial charge in [0.1, 0.15) is 12.2 Å². The van der Waals surface area contributed by atoms with Gasteiger partial charge in [-0.2, -0.15) is 0 Å². The number of hydrogen-bond donors (Lipinski definition) is 0. The summed E-state index contributed by atoms with van der Waals surface area (Å²) in [4.78, 5) is 43.6. The van der Waals surface area contributed by atoms with E-state index in [-0.39, 0.29) is 98.1 Å². The zero-order valence-electron chi connectivity index (χ0n) is 41.1. The molecule has 0 saturated heterocycles. The molecule has 4 unspecified atom stereocenters. The number of carbonyl (C=O) groups excluding carboxylic acids is 4. The van der Waals surface area contributed by atoms with E-state index in [1.807, 2.05) is 36.4 Å². The summed E-state index contributed by atoms with van der Waals surface area (Å²) < 4.78 is 22.9. The minimum atomic E-state index is -0.951. The topological polar surface area (TPSA) is 151 Å². The number of carboxylic acids is 2. The van der Waals surface area contributed by atoms with E-state index in [2.05, 4.69) is 38.1 Å². The number of unbranched alkanes of at least 4 members (excludes halogenated alkanes) is 16. The number of hydrogen-bond acceptors (Lipinski definition) is 10. The molecular formula is C54H86BaO10. The molecule has 0 radical (unpaired) electrons. The van der Waals surface area contributed by atoms with Crippen LogP contribution in [0.5, 0.6) is 0 Å². The molecule has 0 N–H and O–H groups in total. The third-order valence-corrected chi connectivity index (χ3v) is 11.5. The summed E-state index contributed by atoms with van der Waals surface area (Å²) in [5, 5.41) is 20.8. The van der Waals surface area contributed by atoms with Crippen LogP contribution in [0.3, 0.4) is 0 Å². The van der Waals surface area contributed by atoms with Crippen molar-refractivity contribution in [3.63, 3.8) is 0 Å². The molecule has 0 aliphatic carbocycles. The largest absolute Gasteiger partial charge is 2.00 e. The number of aliphatic carboxylic acids is 2. The summed E-state index contributed by atoms with van der Waals surface area (Å²) in [5.74, 6) is -2.28. The summed E-state index contributed by atoms with van der Waals surface area (Å²) in [5.41, 5.74) is 2.42. The fraction of sp³-hybridized carbons (Fsp3) is 0.704. The molecule has 2 aromatic carbocycles. The minimum Gasteiger partial charge on any atom is -0.550 e. The zero-order chi connectivity index (χ0) is 46.9. The van der Waals surface area contributed by atoms with Gasteiger partial charge in [0.15, 0.2) is 0 Å². The van der Waals surface area contributed by atoms with Crippen molar-refractivity contribution in [3.05, 3.63) is 71.8 Å². The van der Waals surface area contributed by atoms with Gasteiger partial charge in [-0.25, -0.2) is 0 Å². The maximum Gasteiger partial charge on any atom is 2.00 e. The zero-order valence-corrected chi connectivity index (χ0v) is 45.5. The second-order valence-corrected chi connectivity index (χ2v) is 17.7. The van der Waals surface area contributed by atoms with Gasteiger partial charge in [0.25, 0.3) is 0 Å². The van der Waals surface area contributed by atoms with E-state index >= 15 is 0 Å². The smallest absolute Gasteiger partial charge is 0.550 e. The number of ether oxygens (including phenoxy) is 4. The van der Waals surface area contributed by atoms with Gasteiger partial charge in [-0.3, -0.25) is 9.59 Å². The maximum atomic E-state index is 11.4. The van der Waals surface area contributed by atoms with Gasteiger partial charge in [-0.1, -0.05) is 151 Å². The Morgan fingerprint density at radius 3 is 0.969 bits per heavy atom. The van der Waals surface area contributed by atoms with Crippen molar-refractivity contribution < 1.29 is 48.3 Å². The monoisotopic (exact) mass is 1030 g/mol. The molecule has 0 aromatic heterocycles. The first-order valence-electron chi connectivity index (χ1n) is 25.0.